The third-order valence-electron chi connectivity index (χ3n) is 4.91. The van der Waals surface area contributed by atoms with Crippen molar-refractivity contribution in [2.45, 2.75) is 26.8 Å². The van der Waals surface area contributed by atoms with Gasteiger partial charge in [0.25, 0.3) is 5.91 Å². The molecule has 3 aromatic rings. The first-order valence-electron chi connectivity index (χ1n) is 10.5. The van der Waals surface area contributed by atoms with Crippen molar-refractivity contribution in [3.05, 3.63) is 81.7 Å². The highest BCUT2D eigenvalue weighted by molar-refractivity contribution is 7.18. The zero-order valence-corrected chi connectivity index (χ0v) is 19.6. The molecule has 0 bridgehead atoms. The number of hydrogen-bond donors (Lipinski definition) is 2. The van der Waals surface area contributed by atoms with Gasteiger partial charge >= 0.3 is 5.97 Å². The number of methoxy groups -OCH3 is 1. The summed E-state index contributed by atoms with van der Waals surface area (Å²) in [4.78, 5) is 38.5. The van der Waals surface area contributed by atoms with E-state index in [9.17, 15) is 14.4 Å². The summed E-state index contributed by atoms with van der Waals surface area (Å²) in [5.41, 5.74) is 2.43. The van der Waals surface area contributed by atoms with Crippen molar-refractivity contribution in [3.63, 3.8) is 0 Å². The minimum Gasteiger partial charge on any atom is -0.497 e. The standard InChI is InChI=1S/C25H26N2O5S/c1-4-32-25(30)21-16(2)22(23(29)26-15-18-8-6-5-7-9-18)33-24(21)27-20(28)14-17-10-12-19(31-3)13-11-17/h5-13H,4,14-15H2,1-3H3,(H,26,29)(H,27,28). The van der Waals surface area contributed by atoms with Gasteiger partial charge in [-0.05, 0) is 42.7 Å². The van der Waals surface area contributed by atoms with Crippen molar-refractivity contribution >= 4 is 34.1 Å². The Hall–Kier alpha value is -3.65. The van der Waals surface area contributed by atoms with Crippen LogP contribution in [0.25, 0.3) is 0 Å². The Kier molecular flexibility index (Phi) is 8.21. The van der Waals surface area contributed by atoms with E-state index in [1.807, 2.05) is 30.3 Å². The number of nitrogens with one attached hydrogen (secondary N) is 2. The highest BCUT2D eigenvalue weighted by atomic mass is 32.1. The van der Waals surface area contributed by atoms with E-state index in [-0.39, 0.29) is 30.4 Å². The van der Waals surface area contributed by atoms with E-state index in [1.165, 1.54) is 0 Å². The Morgan fingerprint density at radius 1 is 0.970 bits per heavy atom. The maximum atomic E-state index is 12.8. The molecule has 1 aromatic heterocycles. The van der Waals surface area contributed by atoms with Crippen LogP contribution in [-0.2, 0) is 22.5 Å². The number of rotatable bonds is 9. The fraction of sp³-hybridized carbons (Fsp3) is 0.240. The molecular weight excluding hydrogens is 440 g/mol. The Morgan fingerprint density at radius 3 is 2.30 bits per heavy atom. The molecule has 0 atom stereocenters. The molecule has 0 saturated heterocycles. The van der Waals surface area contributed by atoms with Crippen LogP contribution in [0.4, 0.5) is 5.00 Å². The lowest BCUT2D eigenvalue weighted by atomic mass is 10.1. The van der Waals surface area contributed by atoms with Crippen LogP contribution in [0, 0.1) is 6.92 Å². The molecule has 33 heavy (non-hydrogen) atoms. The number of amides is 2. The second kappa shape index (κ2) is 11.3. The molecule has 2 amide bonds. The summed E-state index contributed by atoms with van der Waals surface area (Å²) in [6.07, 6.45) is 0.110. The van der Waals surface area contributed by atoms with Crippen molar-refractivity contribution < 1.29 is 23.9 Å². The fourth-order valence-corrected chi connectivity index (χ4v) is 4.35. The average molecular weight is 467 g/mol. The summed E-state index contributed by atoms with van der Waals surface area (Å²) >= 11 is 1.06. The van der Waals surface area contributed by atoms with Crippen LogP contribution in [0.15, 0.2) is 54.6 Å². The SMILES string of the molecule is CCOC(=O)c1c(NC(=O)Cc2ccc(OC)cc2)sc(C(=O)NCc2ccccc2)c1C. The Balaban J connectivity index is 1.79. The zero-order chi connectivity index (χ0) is 23.8. The normalized spacial score (nSPS) is 10.4. The summed E-state index contributed by atoms with van der Waals surface area (Å²) in [7, 11) is 1.57. The first kappa shape index (κ1) is 24.0. The highest BCUT2D eigenvalue weighted by Crippen LogP contribution is 2.34. The lowest BCUT2D eigenvalue weighted by molar-refractivity contribution is -0.115. The van der Waals surface area contributed by atoms with Crippen LogP contribution in [0.3, 0.4) is 0 Å². The highest BCUT2D eigenvalue weighted by Gasteiger charge is 2.26. The van der Waals surface area contributed by atoms with Gasteiger partial charge in [0, 0.05) is 6.54 Å². The van der Waals surface area contributed by atoms with E-state index < -0.39 is 5.97 Å². The van der Waals surface area contributed by atoms with Crippen LogP contribution in [0.5, 0.6) is 5.75 Å². The molecule has 0 aliphatic rings. The van der Waals surface area contributed by atoms with E-state index in [0.717, 1.165) is 22.5 Å². The average Bonchev–Trinajstić information content (AvgIpc) is 3.14. The van der Waals surface area contributed by atoms with Crippen LogP contribution in [0.1, 0.15) is 43.6 Å². The molecule has 7 nitrogen and oxygen atoms in total. The smallest absolute Gasteiger partial charge is 0.341 e. The summed E-state index contributed by atoms with van der Waals surface area (Å²) in [6, 6.07) is 16.7. The van der Waals surface area contributed by atoms with Gasteiger partial charge in [-0.3, -0.25) is 9.59 Å². The molecule has 0 fully saturated rings. The molecule has 0 unspecified atom stereocenters. The molecule has 0 radical (unpaired) electrons. The van der Waals surface area contributed by atoms with Crippen LogP contribution in [-0.4, -0.2) is 31.5 Å². The number of benzene rings is 2. The van der Waals surface area contributed by atoms with Crippen molar-refractivity contribution in [3.8, 4) is 5.75 Å². The molecule has 0 aliphatic carbocycles. The van der Waals surface area contributed by atoms with E-state index in [2.05, 4.69) is 10.6 Å². The largest absolute Gasteiger partial charge is 0.497 e. The lowest BCUT2D eigenvalue weighted by Crippen LogP contribution is -2.22. The van der Waals surface area contributed by atoms with Gasteiger partial charge in [0.15, 0.2) is 0 Å². The second-order valence-electron chi connectivity index (χ2n) is 7.22. The number of hydrogen-bond acceptors (Lipinski definition) is 6. The van der Waals surface area contributed by atoms with Crippen molar-refractivity contribution in [2.24, 2.45) is 0 Å². The summed E-state index contributed by atoms with van der Waals surface area (Å²) in [5, 5.41) is 5.95. The molecule has 8 heteroatoms. The minimum absolute atomic E-state index is 0.110. The van der Waals surface area contributed by atoms with Gasteiger partial charge in [-0.2, -0.15) is 0 Å². The molecule has 0 aliphatic heterocycles. The molecule has 172 valence electrons. The second-order valence-corrected chi connectivity index (χ2v) is 8.24. The predicted octanol–water partition coefficient (Wildman–Crippen LogP) is 4.35. The van der Waals surface area contributed by atoms with E-state index in [0.29, 0.717) is 27.7 Å². The zero-order valence-electron chi connectivity index (χ0n) is 18.8. The molecule has 2 N–H and O–H groups in total. The Bertz CT molecular complexity index is 1120. The van der Waals surface area contributed by atoms with Crippen LogP contribution in [0.2, 0.25) is 0 Å². The quantitative estimate of drug-likeness (QED) is 0.457. The van der Waals surface area contributed by atoms with E-state index in [1.54, 1.807) is 45.2 Å². The van der Waals surface area contributed by atoms with Gasteiger partial charge in [0.05, 0.1) is 30.6 Å². The minimum atomic E-state index is -0.576. The Labute approximate surface area is 196 Å². The van der Waals surface area contributed by atoms with Crippen molar-refractivity contribution in [1.82, 2.24) is 5.32 Å². The third-order valence-corrected chi connectivity index (χ3v) is 6.11. The first-order chi connectivity index (χ1) is 15.9. The van der Waals surface area contributed by atoms with Crippen LogP contribution >= 0.6 is 11.3 Å². The van der Waals surface area contributed by atoms with Crippen molar-refractivity contribution in [2.75, 3.05) is 19.0 Å². The Morgan fingerprint density at radius 2 is 1.67 bits per heavy atom. The van der Waals surface area contributed by atoms with Gasteiger partial charge in [-0.25, -0.2) is 4.79 Å². The fourth-order valence-electron chi connectivity index (χ4n) is 3.23. The predicted molar refractivity (Wildman–Crippen MR) is 128 cm³/mol. The molecule has 2 aromatic carbocycles. The number of carbonyl (C=O) groups excluding carboxylic acids is 3. The molecular formula is C25H26N2O5S. The summed E-state index contributed by atoms with van der Waals surface area (Å²) in [6.45, 7) is 3.92. The number of ether oxygens (including phenoxy) is 2. The van der Waals surface area contributed by atoms with Crippen molar-refractivity contribution in [1.29, 1.82) is 0 Å². The van der Waals surface area contributed by atoms with Gasteiger partial charge in [0.1, 0.15) is 10.8 Å². The van der Waals surface area contributed by atoms with E-state index in [4.69, 9.17) is 9.47 Å². The van der Waals surface area contributed by atoms with Gasteiger partial charge < -0.3 is 20.1 Å². The molecule has 3 rings (SSSR count). The summed E-state index contributed by atoms with van der Waals surface area (Å²) < 4.78 is 10.3. The molecule has 1 heterocycles. The molecule has 0 spiro atoms. The van der Waals surface area contributed by atoms with E-state index >= 15 is 0 Å². The third kappa shape index (κ3) is 6.20. The maximum Gasteiger partial charge on any atom is 0.341 e. The molecule has 0 saturated carbocycles. The monoisotopic (exact) mass is 466 g/mol. The van der Waals surface area contributed by atoms with Crippen LogP contribution < -0.4 is 15.4 Å². The lowest BCUT2D eigenvalue weighted by Gasteiger charge is -2.08. The van der Waals surface area contributed by atoms with Gasteiger partial charge in [0.2, 0.25) is 5.91 Å². The van der Waals surface area contributed by atoms with Gasteiger partial charge in [-0.1, -0.05) is 42.5 Å². The van der Waals surface area contributed by atoms with Gasteiger partial charge in [-0.15, -0.1) is 11.3 Å². The summed E-state index contributed by atoms with van der Waals surface area (Å²) in [5.74, 6) is -0.498. The number of carbonyl (C=O) groups is 3. The number of esters is 1. The maximum absolute atomic E-state index is 12.8. The first-order valence-corrected chi connectivity index (χ1v) is 11.3. The number of thiophene rings is 1. The number of anilines is 1. The topological polar surface area (TPSA) is 93.7 Å².